The minimum atomic E-state index is 0.759. The van der Waals surface area contributed by atoms with Crippen molar-refractivity contribution >= 4 is 0 Å². The topological polar surface area (TPSA) is 15.3 Å². The van der Waals surface area contributed by atoms with Gasteiger partial charge in [0.05, 0.1) is 0 Å². The summed E-state index contributed by atoms with van der Waals surface area (Å²) in [5.74, 6) is 0.777. The van der Waals surface area contributed by atoms with Crippen LogP contribution in [0.5, 0.6) is 0 Å². The Morgan fingerprint density at radius 1 is 1.18 bits per heavy atom. The Bertz CT molecular complexity index is 219. The lowest BCUT2D eigenvalue weighted by molar-refractivity contribution is 0.140. The van der Waals surface area contributed by atoms with Gasteiger partial charge < -0.3 is 5.32 Å². The molecule has 1 N–H and O–H groups in total. The van der Waals surface area contributed by atoms with Crippen LogP contribution in [0.3, 0.4) is 0 Å². The molecule has 1 unspecified atom stereocenters. The van der Waals surface area contributed by atoms with Crippen LogP contribution in [-0.4, -0.2) is 36.1 Å². The van der Waals surface area contributed by atoms with E-state index in [1.165, 1.54) is 51.6 Å². The summed E-state index contributed by atoms with van der Waals surface area (Å²) >= 11 is 0. The van der Waals surface area contributed by atoms with E-state index in [9.17, 15) is 0 Å². The zero-order chi connectivity index (χ0) is 12.3. The van der Waals surface area contributed by atoms with E-state index < -0.39 is 0 Å². The molecule has 2 rings (SSSR count). The first kappa shape index (κ1) is 13.4. The molecule has 0 aromatic heterocycles. The van der Waals surface area contributed by atoms with Gasteiger partial charge in [-0.1, -0.05) is 27.2 Å². The van der Waals surface area contributed by atoms with Crippen LogP contribution in [0.2, 0.25) is 0 Å². The van der Waals surface area contributed by atoms with Crippen LogP contribution >= 0.6 is 0 Å². The average Bonchev–Trinajstić information content (AvgIpc) is 3.15. The highest BCUT2D eigenvalue weighted by atomic mass is 15.2. The predicted octanol–water partition coefficient (Wildman–Crippen LogP) is 3.03. The maximum Gasteiger partial charge on any atom is 0.0246 e. The molecule has 0 amide bonds. The molecule has 17 heavy (non-hydrogen) atoms. The van der Waals surface area contributed by atoms with Gasteiger partial charge in [0.1, 0.15) is 0 Å². The van der Waals surface area contributed by atoms with Gasteiger partial charge >= 0.3 is 0 Å². The Balaban J connectivity index is 1.84. The van der Waals surface area contributed by atoms with Crippen molar-refractivity contribution < 1.29 is 0 Å². The van der Waals surface area contributed by atoms with Gasteiger partial charge in [-0.3, -0.25) is 4.90 Å². The van der Waals surface area contributed by atoms with Crippen LogP contribution in [0.4, 0.5) is 0 Å². The van der Waals surface area contributed by atoms with Gasteiger partial charge in [-0.2, -0.15) is 0 Å². The van der Waals surface area contributed by atoms with Crippen LogP contribution in [-0.2, 0) is 0 Å². The summed E-state index contributed by atoms with van der Waals surface area (Å²) in [6.07, 6.45) is 8.38. The second-order valence-electron chi connectivity index (χ2n) is 6.32. The zero-order valence-electron chi connectivity index (χ0n) is 11.9. The van der Waals surface area contributed by atoms with Gasteiger partial charge in [-0.05, 0) is 44.6 Å². The van der Waals surface area contributed by atoms with Gasteiger partial charge in [0.2, 0.25) is 0 Å². The Labute approximate surface area is 107 Å². The van der Waals surface area contributed by atoms with Gasteiger partial charge in [-0.15, -0.1) is 0 Å². The third kappa shape index (κ3) is 4.26. The maximum absolute atomic E-state index is 3.74. The molecule has 2 aliphatic rings. The molecule has 2 fully saturated rings. The monoisotopic (exact) mass is 238 g/mol. The Kier molecular flexibility index (Phi) is 4.87. The molecule has 1 atom stereocenters. The van der Waals surface area contributed by atoms with E-state index in [-0.39, 0.29) is 0 Å². The third-order valence-electron chi connectivity index (χ3n) is 4.17. The molecule has 0 saturated heterocycles. The Morgan fingerprint density at radius 3 is 2.35 bits per heavy atom. The first-order valence-corrected chi connectivity index (χ1v) is 7.71. The predicted molar refractivity (Wildman–Crippen MR) is 74.3 cm³/mol. The normalized spacial score (nSPS) is 22.4. The summed E-state index contributed by atoms with van der Waals surface area (Å²) in [6, 6.07) is 2.52. The van der Waals surface area contributed by atoms with Crippen LogP contribution in [0.15, 0.2) is 0 Å². The van der Waals surface area contributed by atoms with Gasteiger partial charge in [0.25, 0.3) is 0 Å². The SMILES string of the molecule is CCCCN(C1CC1)C(CNC1CC1)C(C)C. The first-order valence-electron chi connectivity index (χ1n) is 7.71. The van der Waals surface area contributed by atoms with E-state index in [1.54, 1.807) is 0 Å². The zero-order valence-corrected chi connectivity index (χ0v) is 11.9. The van der Waals surface area contributed by atoms with Crippen LogP contribution in [0.1, 0.15) is 59.3 Å². The fourth-order valence-corrected chi connectivity index (χ4v) is 2.68. The maximum atomic E-state index is 3.74. The highest BCUT2D eigenvalue weighted by Gasteiger charge is 2.35. The number of unbranched alkanes of at least 4 members (excludes halogenated alkanes) is 1. The lowest BCUT2D eigenvalue weighted by Gasteiger charge is -2.35. The highest BCUT2D eigenvalue weighted by Crippen LogP contribution is 2.31. The fourth-order valence-electron chi connectivity index (χ4n) is 2.68. The number of rotatable bonds is 9. The van der Waals surface area contributed by atoms with Crippen molar-refractivity contribution in [3.8, 4) is 0 Å². The molecule has 0 radical (unpaired) electrons. The van der Waals surface area contributed by atoms with E-state index in [0.717, 1.165) is 24.0 Å². The van der Waals surface area contributed by atoms with Crippen LogP contribution in [0.25, 0.3) is 0 Å². The summed E-state index contributed by atoms with van der Waals surface area (Å²) in [5.41, 5.74) is 0. The first-order chi connectivity index (χ1) is 8.22. The van der Waals surface area contributed by atoms with Crippen molar-refractivity contribution in [1.82, 2.24) is 10.2 Å². The Hall–Kier alpha value is -0.0800. The van der Waals surface area contributed by atoms with Crippen molar-refractivity contribution in [1.29, 1.82) is 0 Å². The molecule has 0 aliphatic heterocycles. The molecule has 0 aromatic carbocycles. The smallest absolute Gasteiger partial charge is 0.0246 e. The van der Waals surface area contributed by atoms with Crippen LogP contribution < -0.4 is 5.32 Å². The summed E-state index contributed by atoms with van der Waals surface area (Å²) < 4.78 is 0. The Morgan fingerprint density at radius 2 is 1.88 bits per heavy atom. The second kappa shape index (κ2) is 6.19. The van der Waals surface area contributed by atoms with E-state index >= 15 is 0 Å². The van der Waals surface area contributed by atoms with E-state index in [2.05, 4.69) is 31.0 Å². The van der Waals surface area contributed by atoms with Gasteiger partial charge in [0, 0.05) is 24.7 Å². The molecular formula is C15H30N2. The summed E-state index contributed by atoms with van der Waals surface area (Å²) in [6.45, 7) is 9.61. The van der Waals surface area contributed by atoms with Crippen molar-refractivity contribution in [3.05, 3.63) is 0 Å². The molecule has 0 aromatic rings. The van der Waals surface area contributed by atoms with Gasteiger partial charge in [0.15, 0.2) is 0 Å². The molecule has 2 aliphatic carbocycles. The summed E-state index contributed by atoms with van der Waals surface area (Å²) in [4.78, 5) is 2.81. The summed E-state index contributed by atoms with van der Waals surface area (Å²) in [5, 5.41) is 3.74. The average molecular weight is 238 g/mol. The quantitative estimate of drug-likeness (QED) is 0.664. The largest absolute Gasteiger partial charge is 0.312 e. The standard InChI is InChI=1S/C15H30N2/c1-4-5-10-17(14-8-9-14)15(12(2)3)11-16-13-6-7-13/h12-16H,4-11H2,1-3H3. The molecule has 0 spiro atoms. The number of nitrogens with one attached hydrogen (secondary N) is 1. The van der Waals surface area contributed by atoms with Crippen LogP contribution in [0, 0.1) is 5.92 Å². The molecule has 0 bridgehead atoms. The lowest BCUT2D eigenvalue weighted by atomic mass is 10.0. The number of nitrogens with zero attached hydrogens (tertiary/aromatic N) is 1. The molecule has 0 heterocycles. The number of hydrogen-bond acceptors (Lipinski definition) is 2. The van der Waals surface area contributed by atoms with Crippen molar-refractivity contribution in [2.45, 2.75) is 77.4 Å². The van der Waals surface area contributed by atoms with Crippen molar-refractivity contribution in [3.63, 3.8) is 0 Å². The molecule has 2 saturated carbocycles. The minimum absolute atomic E-state index is 0.759. The van der Waals surface area contributed by atoms with Crippen molar-refractivity contribution in [2.24, 2.45) is 5.92 Å². The molecule has 2 nitrogen and oxygen atoms in total. The molecule has 2 heteroatoms. The minimum Gasteiger partial charge on any atom is -0.312 e. The number of hydrogen-bond donors (Lipinski definition) is 1. The lowest BCUT2D eigenvalue weighted by Crippen LogP contribution is -2.47. The fraction of sp³-hybridized carbons (Fsp3) is 1.00. The third-order valence-corrected chi connectivity index (χ3v) is 4.17. The van der Waals surface area contributed by atoms with E-state index in [1.807, 2.05) is 0 Å². The van der Waals surface area contributed by atoms with Crippen molar-refractivity contribution in [2.75, 3.05) is 13.1 Å². The van der Waals surface area contributed by atoms with E-state index in [4.69, 9.17) is 0 Å². The summed E-state index contributed by atoms with van der Waals surface area (Å²) in [7, 11) is 0. The molecular weight excluding hydrogens is 208 g/mol. The van der Waals surface area contributed by atoms with E-state index in [0.29, 0.717) is 0 Å². The van der Waals surface area contributed by atoms with Gasteiger partial charge in [-0.25, -0.2) is 0 Å². The molecule has 100 valence electrons. The highest BCUT2D eigenvalue weighted by molar-refractivity contribution is 4.92. The second-order valence-corrected chi connectivity index (χ2v) is 6.32.